The number of para-hydroxylation sites is 1. The number of hydrogen-bond donors (Lipinski definition) is 2. The van der Waals surface area contributed by atoms with E-state index in [2.05, 4.69) is 20.6 Å². The molecule has 0 spiro atoms. The number of nitrogens with zero attached hydrogens (tertiary/aromatic N) is 2. The summed E-state index contributed by atoms with van der Waals surface area (Å²) in [4.78, 5) is 8.31. The molecule has 3 rings (SSSR count). The third-order valence-corrected chi connectivity index (χ3v) is 3.76. The van der Waals surface area contributed by atoms with Gasteiger partial charge in [0.25, 0.3) is 0 Å². The first-order valence-electron chi connectivity index (χ1n) is 8.09. The van der Waals surface area contributed by atoms with Crippen molar-refractivity contribution in [1.82, 2.24) is 9.97 Å². The Hall–Kier alpha value is -3.29. The van der Waals surface area contributed by atoms with E-state index in [1.165, 1.54) is 30.5 Å². The van der Waals surface area contributed by atoms with Gasteiger partial charge in [-0.1, -0.05) is 24.3 Å². The molecule has 27 heavy (non-hydrogen) atoms. The van der Waals surface area contributed by atoms with Gasteiger partial charge in [0, 0.05) is 12.7 Å². The number of benzene rings is 2. The van der Waals surface area contributed by atoms with Gasteiger partial charge in [0.1, 0.15) is 11.6 Å². The Morgan fingerprint density at radius 3 is 2.44 bits per heavy atom. The van der Waals surface area contributed by atoms with Crippen molar-refractivity contribution in [2.24, 2.45) is 0 Å². The van der Waals surface area contributed by atoms with E-state index >= 15 is 0 Å². The molecular weight excluding hydrogens is 357 g/mol. The molecule has 2 N–H and O–H groups in total. The summed E-state index contributed by atoms with van der Waals surface area (Å²) in [6, 6.07) is 14.2. The van der Waals surface area contributed by atoms with Gasteiger partial charge in [0.05, 0.1) is 18.4 Å². The van der Waals surface area contributed by atoms with Crippen LogP contribution in [0.1, 0.15) is 11.1 Å². The summed E-state index contributed by atoms with van der Waals surface area (Å²) in [6.45, 7) is 0.465. The summed E-state index contributed by atoms with van der Waals surface area (Å²) < 4.78 is 44.4. The number of nitrogens with one attached hydrogen (secondary N) is 2. The average Bonchev–Trinajstić information content (AvgIpc) is 2.67. The quantitative estimate of drug-likeness (QED) is 0.645. The molecule has 3 aromatic rings. The maximum atomic E-state index is 13.1. The summed E-state index contributed by atoms with van der Waals surface area (Å²) in [5.41, 5.74) is 0.168. The number of anilines is 3. The molecule has 0 atom stereocenters. The molecule has 5 nitrogen and oxygen atoms in total. The van der Waals surface area contributed by atoms with Gasteiger partial charge < -0.3 is 15.4 Å². The van der Waals surface area contributed by atoms with E-state index < -0.39 is 11.7 Å². The largest absolute Gasteiger partial charge is 0.497 e. The topological polar surface area (TPSA) is 59.1 Å². The third-order valence-electron chi connectivity index (χ3n) is 3.76. The lowest BCUT2D eigenvalue weighted by atomic mass is 10.1. The van der Waals surface area contributed by atoms with Crippen molar-refractivity contribution in [2.75, 3.05) is 17.7 Å². The van der Waals surface area contributed by atoms with E-state index in [4.69, 9.17) is 4.74 Å². The molecule has 0 saturated heterocycles. The van der Waals surface area contributed by atoms with Crippen LogP contribution in [0.2, 0.25) is 0 Å². The maximum Gasteiger partial charge on any atom is 0.418 e. The molecule has 0 unspecified atom stereocenters. The number of methoxy groups -OCH3 is 1. The van der Waals surface area contributed by atoms with Crippen LogP contribution in [0.4, 0.5) is 30.6 Å². The predicted octanol–water partition coefficient (Wildman–Crippen LogP) is 4.86. The fourth-order valence-corrected chi connectivity index (χ4v) is 2.42. The molecule has 0 fully saturated rings. The fourth-order valence-electron chi connectivity index (χ4n) is 2.42. The predicted molar refractivity (Wildman–Crippen MR) is 97.1 cm³/mol. The van der Waals surface area contributed by atoms with Crippen LogP contribution in [0, 0.1) is 0 Å². The van der Waals surface area contributed by atoms with Crippen molar-refractivity contribution >= 4 is 17.5 Å². The van der Waals surface area contributed by atoms with Crippen LogP contribution in [-0.2, 0) is 12.7 Å². The zero-order chi connectivity index (χ0) is 19.3. The van der Waals surface area contributed by atoms with Crippen LogP contribution >= 0.6 is 0 Å². The molecule has 0 bridgehead atoms. The SMILES string of the molecule is COc1ccc(CNc2nccc(Nc3ccccc3C(F)(F)F)n2)cc1. The molecule has 0 amide bonds. The molecular formula is C19H17F3N4O. The highest BCUT2D eigenvalue weighted by Crippen LogP contribution is 2.35. The van der Waals surface area contributed by atoms with Crippen molar-refractivity contribution in [1.29, 1.82) is 0 Å². The normalized spacial score (nSPS) is 11.1. The van der Waals surface area contributed by atoms with Crippen molar-refractivity contribution in [3.63, 3.8) is 0 Å². The molecule has 0 radical (unpaired) electrons. The van der Waals surface area contributed by atoms with E-state index in [0.717, 1.165) is 17.4 Å². The molecule has 0 aliphatic rings. The Morgan fingerprint density at radius 1 is 1.00 bits per heavy atom. The second kappa shape index (κ2) is 7.94. The van der Waals surface area contributed by atoms with Gasteiger partial charge in [-0.05, 0) is 35.9 Å². The smallest absolute Gasteiger partial charge is 0.418 e. The number of ether oxygens (including phenoxy) is 1. The lowest BCUT2D eigenvalue weighted by Crippen LogP contribution is -2.10. The summed E-state index contributed by atoms with van der Waals surface area (Å²) in [5.74, 6) is 1.32. The minimum atomic E-state index is -4.45. The molecule has 1 heterocycles. The van der Waals surface area contributed by atoms with Crippen LogP contribution in [0.25, 0.3) is 0 Å². The second-order valence-corrected chi connectivity index (χ2v) is 5.64. The van der Waals surface area contributed by atoms with Gasteiger partial charge in [-0.25, -0.2) is 4.98 Å². The van der Waals surface area contributed by atoms with Gasteiger partial charge in [0.2, 0.25) is 5.95 Å². The van der Waals surface area contributed by atoms with Crippen LogP contribution in [0.15, 0.2) is 60.8 Å². The molecule has 0 aliphatic heterocycles. The molecule has 0 saturated carbocycles. The zero-order valence-electron chi connectivity index (χ0n) is 14.4. The standard InChI is InChI=1S/C19H17F3N4O/c1-27-14-8-6-13(7-9-14)12-24-18-23-11-10-17(26-18)25-16-5-3-2-4-15(16)19(20,21)22/h2-11H,12H2,1H3,(H2,23,24,25,26). The van der Waals surface area contributed by atoms with Crippen LogP contribution in [-0.4, -0.2) is 17.1 Å². The van der Waals surface area contributed by atoms with Gasteiger partial charge >= 0.3 is 6.18 Å². The fraction of sp³-hybridized carbons (Fsp3) is 0.158. The van der Waals surface area contributed by atoms with Crippen LogP contribution < -0.4 is 15.4 Å². The molecule has 8 heteroatoms. The lowest BCUT2D eigenvalue weighted by Gasteiger charge is -2.14. The number of rotatable bonds is 6. The Kier molecular flexibility index (Phi) is 5.44. The van der Waals surface area contributed by atoms with E-state index in [1.54, 1.807) is 7.11 Å². The van der Waals surface area contributed by atoms with Gasteiger partial charge in [-0.3, -0.25) is 0 Å². The van der Waals surface area contributed by atoms with E-state index in [9.17, 15) is 13.2 Å². The number of hydrogen-bond acceptors (Lipinski definition) is 5. The van der Waals surface area contributed by atoms with E-state index in [-0.39, 0.29) is 11.5 Å². The van der Waals surface area contributed by atoms with Gasteiger partial charge in [-0.2, -0.15) is 18.2 Å². The molecule has 140 valence electrons. The number of alkyl halides is 3. The van der Waals surface area contributed by atoms with Gasteiger partial charge in [0.15, 0.2) is 0 Å². The Labute approximate surface area is 154 Å². The van der Waals surface area contributed by atoms with Crippen LogP contribution in [0.3, 0.4) is 0 Å². The Balaban J connectivity index is 1.71. The van der Waals surface area contributed by atoms with Crippen molar-refractivity contribution in [3.05, 3.63) is 71.9 Å². The van der Waals surface area contributed by atoms with Crippen LogP contribution in [0.5, 0.6) is 5.75 Å². The molecule has 0 aliphatic carbocycles. The highest BCUT2D eigenvalue weighted by molar-refractivity contribution is 5.61. The highest BCUT2D eigenvalue weighted by Gasteiger charge is 2.33. The van der Waals surface area contributed by atoms with E-state index in [1.807, 2.05) is 24.3 Å². The van der Waals surface area contributed by atoms with Gasteiger partial charge in [-0.15, -0.1) is 0 Å². The first-order valence-corrected chi connectivity index (χ1v) is 8.09. The van der Waals surface area contributed by atoms with E-state index in [0.29, 0.717) is 12.5 Å². The monoisotopic (exact) mass is 374 g/mol. The third kappa shape index (κ3) is 4.87. The zero-order valence-corrected chi connectivity index (χ0v) is 14.4. The summed E-state index contributed by atoms with van der Waals surface area (Å²) >= 11 is 0. The minimum Gasteiger partial charge on any atom is -0.497 e. The average molecular weight is 374 g/mol. The van der Waals surface area contributed by atoms with Crippen molar-refractivity contribution < 1.29 is 17.9 Å². The first-order chi connectivity index (χ1) is 13.0. The first kappa shape index (κ1) is 18.5. The second-order valence-electron chi connectivity index (χ2n) is 5.64. The summed E-state index contributed by atoms with van der Waals surface area (Å²) in [5, 5.41) is 5.75. The lowest BCUT2D eigenvalue weighted by molar-refractivity contribution is -0.136. The van der Waals surface area contributed by atoms with Crippen molar-refractivity contribution in [3.8, 4) is 5.75 Å². The molecule has 2 aromatic carbocycles. The number of aromatic nitrogens is 2. The van der Waals surface area contributed by atoms with Crippen molar-refractivity contribution in [2.45, 2.75) is 12.7 Å². The highest BCUT2D eigenvalue weighted by atomic mass is 19.4. The summed E-state index contributed by atoms with van der Waals surface area (Å²) in [6.07, 6.45) is -2.98. The Morgan fingerprint density at radius 2 is 1.74 bits per heavy atom. The minimum absolute atomic E-state index is 0.0650. The summed E-state index contributed by atoms with van der Waals surface area (Å²) in [7, 11) is 1.59. The Bertz CT molecular complexity index is 898. The number of halogens is 3. The maximum absolute atomic E-state index is 13.1. The molecule has 1 aromatic heterocycles.